The molecule has 1 N–H and O–H groups in total. The summed E-state index contributed by atoms with van der Waals surface area (Å²) in [6.45, 7) is 0.994. The maximum Gasteiger partial charge on any atom is 0.144 e. The summed E-state index contributed by atoms with van der Waals surface area (Å²) in [5.74, 6) is 1.60. The zero-order chi connectivity index (χ0) is 10.7. The highest BCUT2D eigenvalue weighted by Gasteiger charge is 2.15. The van der Waals surface area contributed by atoms with E-state index >= 15 is 0 Å². The Labute approximate surface area is 104 Å². The molecule has 1 aromatic rings. The van der Waals surface area contributed by atoms with E-state index in [-0.39, 0.29) is 0 Å². The van der Waals surface area contributed by atoms with Crippen LogP contribution in [-0.4, -0.2) is 11.5 Å². The quantitative estimate of drug-likeness (QED) is 0.906. The van der Waals surface area contributed by atoms with Gasteiger partial charge in [-0.15, -0.1) is 0 Å². The third kappa shape index (κ3) is 3.08. The van der Waals surface area contributed by atoms with Gasteiger partial charge < -0.3 is 5.32 Å². The average molecular weight is 290 g/mol. The summed E-state index contributed by atoms with van der Waals surface area (Å²) in [5.41, 5.74) is 0. The third-order valence-corrected chi connectivity index (χ3v) is 3.56. The molecule has 0 unspecified atom stereocenters. The highest BCUT2D eigenvalue weighted by molar-refractivity contribution is 9.10. The molecule has 2 nitrogen and oxygen atoms in total. The largest absolute Gasteiger partial charge is 0.369 e. The Balaban J connectivity index is 1.92. The molecule has 0 atom stereocenters. The molecule has 1 heterocycles. The van der Waals surface area contributed by atoms with Crippen LogP contribution in [0.3, 0.4) is 0 Å². The minimum atomic E-state index is 0.683. The molecule has 0 amide bonds. The second-order valence-corrected chi connectivity index (χ2v) is 5.34. The molecule has 1 saturated carbocycles. The Bertz CT molecular complexity index is 337. The van der Waals surface area contributed by atoms with Crippen molar-refractivity contribution in [3.8, 4) is 0 Å². The lowest BCUT2D eigenvalue weighted by Crippen LogP contribution is -2.12. The lowest BCUT2D eigenvalue weighted by molar-refractivity contribution is 0.579. The second kappa shape index (κ2) is 5.17. The van der Waals surface area contributed by atoms with Gasteiger partial charge in [0.1, 0.15) is 5.82 Å². The van der Waals surface area contributed by atoms with Crippen molar-refractivity contribution in [3.63, 3.8) is 0 Å². The summed E-state index contributed by atoms with van der Waals surface area (Å²) in [6, 6.07) is 1.87. The highest BCUT2D eigenvalue weighted by atomic mass is 79.9. The van der Waals surface area contributed by atoms with E-state index in [2.05, 4.69) is 26.2 Å². The van der Waals surface area contributed by atoms with Crippen molar-refractivity contribution in [1.82, 2.24) is 4.98 Å². The van der Waals surface area contributed by atoms with E-state index in [1.54, 1.807) is 6.20 Å². The molecule has 82 valence electrons. The molecule has 0 saturated heterocycles. The van der Waals surface area contributed by atoms with Gasteiger partial charge in [-0.1, -0.05) is 24.4 Å². The molecule has 1 aliphatic carbocycles. The van der Waals surface area contributed by atoms with E-state index in [9.17, 15) is 0 Å². The molecule has 0 radical (unpaired) electrons. The van der Waals surface area contributed by atoms with Crippen molar-refractivity contribution < 1.29 is 0 Å². The van der Waals surface area contributed by atoms with Crippen LogP contribution in [0.25, 0.3) is 0 Å². The van der Waals surface area contributed by atoms with Gasteiger partial charge in [0.05, 0.1) is 5.02 Å². The Hall–Kier alpha value is -0.280. The monoisotopic (exact) mass is 288 g/mol. The van der Waals surface area contributed by atoms with Crippen LogP contribution in [-0.2, 0) is 0 Å². The zero-order valence-electron chi connectivity index (χ0n) is 8.47. The topological polar surface area (TPSA) is 24.9 Å². The Kier molecular flexibility index (Phi) is 3.87. The van der Waals surface area contributed by atoms with Gasteiger partial charge in [0, 0.05) is 17.2 Å². The van der Waals surface area contributed by atoms with Crippen LogP contribution in [0.15, 0.2) is 16.7 Å². The first kappa shape index (κ1) is 11.2. The average Bonchev–Trinajstić information content (AvgIpc) is 2.69. The fourth-order valence-electron chi connectivity index (χ4n) is 2.00. The lowest BCUT2D eigenvalue weighted by Gasteiger charge is -2.11. The smallest absolute Gasteiger partial charge is 0.144 e. The first-order chi connectivity index (χ1) is 7.25. The summed E-state index contributed by atoms with van der Waals surface area (Å²) in [4.78, 5) is 4.25. The van der Waals surface area contributed by atoms with Crippen LogP contribution in [0.1, 0.15) is 25.7 Å². The molecule has 4 heteroatoms. The van der Waals surface area contributed by atoms with Crippen LogP contribution in [0.2, 0.25) is 5.02 Å². The molecule has 0 bridgehead atoms. The van der Waals surface area contributed by atoms with E-state index in [0.717, 1.165) is 22.8 Å². The van der Waals surface area contributed by atoms with Gasteiger partial charge in [0.15, 0.2) is 0 Å². The van der Waals surface area contributed by atoms with Crippen molar-refractivity contribution in [2.75, 3.05) is 11.9 Å². The normalized spacial score (nSPS) is 16.9. The van der Waals surface area contributed by atoms with Gasteiger partial charge in [0.25, 0.3) is 0 Å². The molecule has 15 heavy (non-hydrogen) atoms. The fourth-order valence-corrected chi connectivity index (χ4v) is 2.70. The number of hydrogen-bond acceptors (Lipinski definition) is 2. The standard InChI is InChI=1S/C11H14BrClN2/c12-9-5-10(13)11(15-7-9)14-6-8-3-1-2-4-8/h5,7-8H,1-4,6H2,(H,14,15). The molecule has 0 aliphatic heterocycles. The maximum atomic E-state index is 6.06. The molecule has 1 aromatic heterocycles. The zero-order valence-corrected chi connectivity index (χ0v) is 10.8. The molecule has 2 rings (SSSR count). The van der Waals surface area contributed by atoms with Crippen LogP contribution >= 0.6 is 27.5 Å². The predicted octanol–water partition coefficient (Wildman–Crippen LogP) is 4.10. The van der Waals surface area contributed by atoms with Crippen molar-refractivity contribution >= 4 is 33.3 Å². The highest BCUT2D eigenvalue weighted by Crippen LogP contribution is 2.27. The van der Waals surface area contributed by atoms with E-state index in [0.29, 0.717) is 5.02 Å². The molecule has 1 aliphatic rings. The van der Waals surface area contributed by atoms with Crippen molar-refractivity contribution in [2.24, 2.45) is 5.92 Å². The number of rotatable bonds is 3. The Morgan fingerprint density at radius 2 is 2.20 bits per heavy atom. The van der Waals surface area contributed by atoms with Crippen LogP contribution in [0.5, 0.6) is 0 Å². The number of pyridine rings is 1. The van der Waals surface area contributed by atoms with E-state index in [1.165, 1.54) is 25.7 Å². The third-order valence-electron chi connectivity index (χ3n) is 2.84. The summed E-state index contributed by atoms with van der Waals surface area (Å²) in [7, 11) is 0. The number of hydrogen-bond donors (Lipinski definition) is 1. The second-order valence-electron chi connectivity index (χ2n) is 4.02. The summed E-state index contributed by atoms with van der Waals surface area (Å²) >= 11 is 9.40. The van der Waals surface area contributed by atoms with Crippen LogP contribution in [0, 0.1) is 5.92 Å². The summed E-state index contributed by atoms with van der Waals surface area (Å²) in [6.07, 6.45) is 7.17. The van der Waals surface area contributed by atoms with Crippen molar-refractivity contribution in [3.05, 3.63) is 21.8 Å². The van der Waals surface area contributed by atoms with E-state index in [4.69, 9.17) is 11.6 Å². The van der Waals surface area contributed by atoms with E-state index < -0.39 is 0 Å². The van der Waals surface area contributed by atoms with Gasteiger partial charge in [-0.2, -0.15) is 0 Å². The minimum Gasteiger partial charge on any atom is -0.369 e. The summed E-state index contributed by atoms with van der Waals surface area (Å²) in [5, 5.41) is 4.00. The molecular formula is C11H14BrClN2. The Morgan fingerprint density at radius 3 is 2.87 bits per heavy atom. The first-order valence-electron chi connectivity index (χ1n) is 5.30. The predicted molar refractivity (Wildman–Crippen MR) is 67.4 cm³/mol. The SMILES string of the molecule is Clc1cc(Br)cnc1NCC1CCCC1. The number of aromatic nitrogens is 1. The molecular weight excluding hydrogens is 275 g/mol. The lowest BCUT2D eigenvalue weighted by atomic mass is 10.1. The van der Waals surface area contributed by atoms with Crippen molar-refractivity contribution in [1.29, 1.82) is 0 Å². The number of nitrogens with zero attached hydrogens (tertiary/aromatic N) is 1. The van der Waals surface area contributed by atoms with Crippen LogP contribution < -0.4 is 5.32 Å². The molecule has 0 spiro atoms. The van der Waals surface area contributed by atoms with Gasteiger partial charge in [0.2, 0.25) is 0 Å². The van der Waals surface area contributed by atoms with E-state index in [1.807, 2.05) is 6.07 Å². The first-order valence-corrected chi connectivity index (χ1v) is 6.48. The maximum absolute atomic E-state index is 6.06. The Morgan fingerprint density at radius 1 is 1.47 bits per heavy atom. The van der Waals surface area contributed by atoms with Crippen LogP contribution in [0.4, 0.5) is 5.82 Å². The number of halogens is 2. The minimum absolute atomic E-state index is 0.683. The molecule has 1 fully saturated rings. The number of nitrogens with one attached hydrogen (secondary N) is 1. The van der Waals surface area contributed by atoms with Gasteiger partial charge >= 0.3 is 0 Å². The number of anilines is 1. The van der Waals surface area contributed by atoms with Gasteiger partial charge in [-0.3, -0.25) is 0 Å². The summed E-state index contributed by atoms with van der Waals surface area (Å²) < 4.78 is 0.916. The fraction of sp³-hybridized carbons (Fsp3) is 0.545. The van der Waals surface area contributed by atoms with Gasteiger partial charge in [-0.25, -0.2) is 4.98 Å². The molecule has 0 aromatic carbocycles. The van der Waals surface area contributed by atoms with Crippen molar-refractivity contribution in [2.45, 2.75) is 25.7 Å². The van der Waals surface area contributed by atoms with Gasteiger partial charge in [-0.05, 0) is 40.8 Å².